The van der Waals surface area contributed by atoms with Gasteiger partial charge < -0.3 is 9.73 Å². The highest BCUT2D eigenvalue weighted by atomic mass is 16.3. The van der Waals surface area contributed by atoms with Crippen LogP contribution < -0.4 is 10.6 Å². The van der Waals surface area contributed by atoms with Crippen LogP contribution in [0, 0.1) is 0 Å². The standard InChI is InChI=1S/C53H37N3O/c1-3-13-34(14-4-1)36-25-28-38(29-26-36)52-54-51(37-16-5-2-6-17-37)55-53(56-52)42-32-40-19-9-10-20-43(40)47(33-42)45-22-12-24-48-49(45)46-23-11-21-44(50(46)57-48)41-30-27-35-15-7-8-18-39(35)31-41/h1-33,51-52,54H,(H,55,56). The van der Waals surface area contributed by atoms with Gasteiger partial charge in [-0.3, -0.25) is 5.32 Å². The molecule has 0 fully saturated rings. The molecule has 57 heavy (non-hydrogen) atoms. The van der Waals surface area contributed by atoms with E-state index in [1.165, 1.54) is 27.3 Å². The highest BCUT2D eigenvalue weighted by Crippen LogP contribution is 2.43. The van der Waals surface area contributed by atoms with E-state index in [4.69, 9.17) is 9.41 Å². The molecule has 0 aliphatic carbocycles. The number of benzene rings is 9. The Kier molecular flexibility index (Phi) is 8.01. The Morgan fingerprint density at radius 3 is 1.91 bits per heavy atom. The lowest BCUT2D eigenvalue weighted by Crippen LogP contribution is -2.45. The van der Waals surface area contributed by atoms with Crippen molar-refractivity contribution in [3.63, 3.8) is 0 Å². The van der Waals surface area contributed by atoms with E-state index in [1.54, 1.807) is 0 Å². The fourth-order valence-corrected chi connectivity index (χ4v) is 8.51. The lowest BCUT2D eigenvalue weighted by atomic mass is 9.91. The quantitative estimate of drug-likeness (QED) is 0.179. The van der Waals surface area contributed by atoms with Crippen molar-refractivity contribution in [2.75, 3.05) is 0 Å². The van der Waals surface area contributed by atoms with Crippen LogP contribution >= 0.6 is 0 Å². The van der Waals surface area contributed by atoms with Crippen LogP contribution in [0.25, 0.3) is 76.9 Å². The second-order valence-electron chi connectivity index (χ2n) is 14.8. The molecule has 0 saturated carbocycles. The number of para-hydroxylation sites is 1. The Morgan fingerprint density at radius 1 is 0.421 bits per heavy atom. The first-order valence-electron chi connectivity index (χ1n) is 19.5. The van der Waals surface area contributed by atoms with Crippen LogP contribution in [0.1, 0.15) is 29.0 Å². The predicted molar refractivity (Wildman–Crippen MR) is 236 cm³/mol. The lowest BCUT2D eigenvalue weighted by Gasteiger charge is -2.32. The molecule has 0 amide bonds. The van der Waals surface area contributed by atoms with E-state index in [0.29, 0.717) is 0 Å². The van der Waals surface area contributed by atoms with Crippen molar-refractivity contribution in [3.05, 3.63) is 217 Å². The number of fused-ring (bicyclic) bond motifs is 5. The SMILES string of the molecule is c1ccc(-c2ccc(C3NC(c4cc(-c5cccc6oc7c(-c8ccc9ccccc9c8)cccc7c56)c5ccccc5c4)=NC(c4ccccc4)N3)cc2)cc1. The fraction of sp³-hybridized carbons (Fsp3) is 0.0377. The van der Waals surface area contributed by atoms with E-state index < -0.39 is 0 Å². The van der Waals surface area contributed by atoms with E-state index >= 15 is 0 Å². The molecule has 0 radical (unpaired) electrons. The normalized spacial score (nSPS) is 15.5. The van der Waals surface area contributed by atoms with Gasteiger partial charge in [0.25, 0.3) is 0 Å². The average Bonchev–Trinajstić information content (AvgIpc) is 3.68. The van der Waals surface area contributed by atoms with Gasteiger partial charge in [0.1, 0.15) is 29.3 Å². The number of nitrogens with zero attached hydrogens (tertiary/aromatic N) is 1. The van der Waals surface area contributed by atoms with Gasteiger partial charge in [-0.2, -0.15) is 0 Å². The van der Waals surface area contributed by atoms with Gasteiger partial charge in [0.05, 0.1) is 0 Å². The molecule has 0 saturated heterocycles. The number of nitrogens with one attached hydrogen (secondary N) is 2. The number of hydrogen-bond donors (Lipinski definition) is 2. The van der Waals surface area contributed by atoms with Gasteiger partial charge in [0, 0.05) is 21.9 Å². The molecule has 2 heterocycles. The summed E-state index contributed by atoms with van der Waals surface area (Å²) < 4.78 is 6.79. The molecule has 2 unspecified atom stereocenters. The molecule has 4 heteroatoms. The molecule has 1 aliphatic rings. The van der Waals surface area contributed by atoms with Gasteiger partial charge in [-0.1, -0.05) is 176 Å². The molecule has 2 atom stereocenters. The Bertz CT molecular complexity index is 3130. The maximum atomic E-state index is 6.79. The fourth-order valence-electron chi connectivity index (χ4n) is 8.51. The zero-order valence-corrected chi connectivity index (χ0v) is 31.1. The number of aliphatic imine (C=N–C) groups is 1. The van der Waals surface area contributed by atoms with Crippen molar-refractivity contribution in [1.29, 1.82) is 0 Å². The first-order chi connectivity index (χ1) is 28.2. The Hall–Kier alpha value is -7.27. The van der Waals surface area contributed by atoms with E-state index in [0.717, 1.165) is 72.1 Å². The lowest BCUT2D eigenvalue weighted by molar-refractivity contribution is 0.409. The zero-order chi connectivity index (χ0) is 37.7. The Balaban J connectivity index is 1.05. The second-order valence-corrected chi connectivity index (χ2v) is 14.8. The number of rotatable bonds is 6. The van der Waals surface area contributed by atoms with E-state index in [2.05, 4.69) is 211 Å². The monoisotopic (exact) mass is 731 g/mol. The van der Waals surface area contributed by atoms with Gasteiger partial charge in [-0.05, 0) is 84.8 Å². The van der Waals surface area contributed by atoms with Gasteiger partial charge in [-0.25, -0.2) is 4.99 Å². The average molecular weight is 732 g/mol. The molecule has 11 rings (SSSR count). The van der Waals surface area contributed by atoms with E-state index in [9.17, 15) is 0 Å². The van der Waals surface area contributed by atoms with Crippen molar-refractivity contribution >= 4 is 49.3 Å². The molecule has 1 aliphatic heterocycles. The van der Waals surface area contributed by atoms with Crippen LogP contribution in [0.2, 0.25) is 0 Å². The van der Waals surface area contributed by atoms with Crippen LogP contribution in [-0.4, -0.2) is 5.84 Å². The van der Waals surface area contributed by atoms with Gasteiger partial charge >= 0.3 is 0 Å². The third-order valence-electron chi connectivity index (χ3n) is 11.3. The Morgan fingerprint density at radius 2 is 1.07 bits per heavy atom. The number of hydrogen-bond acceptors (Lipinski definition) is 4. The van der Waals surface area contributed by atoms with E-state index in [1.807, 2.05) is 0 Å². The van der Waals surface area contributed by atoms with Crippen LogP contribution in [0.5, 0.6) is 0 Å². The molecule has 1 aromatic heterocycles. The van der Waals surface area contributed by atoms with E-state index in [-0.39, 0.29) is 12.3 Å². The summed E-state index contributed by atoms with van der Waals surface area (Å²) in [6, 6.07) is 71.1. The molecule has 9 aromatic carbocycles. The molecule has 4 nitrogen and oxygen atoms in total. The minimum absolute atomic E-state index is 0.169. The molecule has 0 bridgehead atoms. The van der Waals surface area contributed by atoms with Crippen LogP contribution in [0.15, 0.2) is 210 Å². The highest BCUT2D eigenvalue weighted by Gasteiger charge is 2.26. The topological polar surface area (TPSA) is 49.6 Å². The molecule has 2 N–H and O–H groups in total. The van der Waals surface area contributed by atoms with Crippen LogP contribution in [0.3, 0.4) is 0 Å². The first kappa shape index (κ1) is 33.1. The van der Waals surface area contributed by atoms with Gasteiger partial charge in [-0.15, -0.1) is 0 Å². The summed E-state index contributed by atoms with van der Waals surface area (Å²) in [5.74, 6) is 0.842. The summed E-state index contributed by atoms with van der Waals surface area (Å²) in [5.41, 5.74) is 11.9. The molecular formula is C53H37N3O. The number of amidine groups is 1. The summed E-state index contributed by atoms with van der Waals surface area (Å²) >= 11 is 0. The maximum absolute atomic E-state index is 6.79. The zero-order valence-electron chi connectivity index (χ0n) is 31.1. The van der Waals surface area contributed by atoms with Crippen molar-refractivity contribution < 1.29 is 4.42 Å². The summed E-state index contributed by atoms with van der Waals surface area (Å²) in [5, 5.41) is 14.6. The molecular weight excluding hydrogens is 695 g/mol. The molecule has 10 aromatic rings. The summed E-state index contributed by atoms with van der Waals surface area (Å²) in [7, 11) is 0. The van der Waals surface area contributed by atoms with Gasteiger partial charge in [0.15, 0.2) is 0 Å². The minimum Gasteiger partial charge on any atom is -0.455 e. The summed E-state index contributed by atoms with van der Waals surface area (Å²) in [4.78, 5) is 5.35. The largest absolute Gasteiger partial charge is 0.455 e. The smallest absolute Gasteiger partial charge is 0.143 e. The summed E-state index contributed by atoms with van der Waals surface area (Å²) in [6.07, 6.45) is -0.414. The summed E-state index contributed by atoms with van der Waals surface area (Å²) in [6.45, 7) is 0. The van der Waals surface area contributed by atoms with Crippen LogP contribution in [0.4, 0.5) is 0 Å². The van der Waals surface area contributed by atoms with Crippen molar-refractivity contribution in [2.45, 2.75) is 12.3 Å². The number of furan rings is 1. The third-order valence-corrected chi connectivity index (χ3v) is 11.3. The predicted octanol–water partition coefficient (Wildman–Crippen LogP) is 13.2. The van der Waals surface area contributed by atoms with Crippen molar-refractivity contribution in [1.82, 2.24) is 10.6 Å². The van der Waals surface area contributed by atoms with Crippen molar-refractivity contribution in [2.24, 2.45) is 4.99 Å². The minimum atomic E-state index is -0.244. The molecule has 270 valence electrons. The molecule has 0 spiro atoms. The Labute approximate surface area is 330 Å². The van der Waals surface area contributed by atoms with Gasteiger partial charge in [0.2, 0.25) is 0 Å². The third kappa shape index (κ3) is 5.95. The first-order valence-corrected chi connectivity index (χ1v) is 19.5. The maximum Gasteiger partial charge on any atom is 0.143 e. The van der Waals surface area contributed by atoms with Crippen LogP contribution in [-0.2, 0) is 0 Å². The second kappa shape index (κ2) is 13.8. The highest BCUT2D eigenvalue weighted by molar-refractivity contribution is 6.18. The van der Waals surface area contributed by atoms with Crippen molar-refractivity contribution in [3.8, 4) is 33.4 Å².